The van der Waals surface area contributed by atoms with Crippen LogP contribution in [-0.2, 0) is 13.5 Å². The highest BCUT2D eigenvalue weighted by Gasteiger charge is 2.07. The fraction of sp³-hybridized carbons (Fsp3) is 0.231. The Morgan fingerprint density at radius 2 is 2.32 bits per heavy atom. The molecule has 5 nitrogen and oxygen atoms in total. The molecule has 1 N–H and O–H groups in total. The average molecular weight is 325 g/mol. The summed E-state index contributed by atoms with van der Waals surface area (Å²) in [6.45, 7) is 0.511. The normalized spacial score (nSPS) is 10.4. The highest BCUT2D eigenvalue weighted by atomic mass is 79.9. The molecule has 19 heavy (non-hydrogen) atoms. The Morgan fingerprint density at radius 1 is 1.53 bits per heavy atom. The third-order valence-corrected chi connectivity index (χ3v) is 3.21. The number of aromatic nitrogens is 2. The molecule has 0 saturated carbocycles. The molecular formula is C13H13BrN2O3. The van der Waals surface area contributed by atoms with Crippen molar-refractivity contribution in [1.29, 1.82) is 0 Å². The monoisotopic (exact) mass is 324 g/mol. The summed E-state index contributed by atoms with van der Waals surface area (Å²) in [6, 6.07) is 4.70. The molecule has 0 atom stereocenters. The quantitative estimate of drug-likeness (QED) is 0.917. The minimum Gasteiger partial charge on any atom is -0.492 e. The molecule has 0 bridgehead atoms. The van der Waals surface area contributed by atoms with E-state index >= 15 is 0 Å². The van der Waals surface area contributed by atoms with Crippen LogP contribution in [0.4, 0.5) is 0 Å². The molecule has 2 rings (SSSR count). The lowest BCUT2D eigenvalue weighted by atomic mass is 10.2. The van der Waals surface area contributed by atoms with Crippen LogP contribution >= 0.6 is 15.9 Å². The Hall–Kier alpha value is -1.82. The summed E-state index contributed by atoms with van der Waals surface area (Å²) < 4.78 is 7.99. The number of carboxylic acid groups (broad SMARTS) is 1. The van der Waals surface area contributed by atoms with Gasteiger partial charge >= 0.3 is 5.97 Å². The molecule has 0 amide bonds. The molecular weight excluding hydrogens is 312 g/mol. The molecule has 1 aromatic heterocycles. The summed E-state index contributed by atoms with van der Waals surface area (Å²) in [5.74, 6) is -0.323. The van der Waals surface area contributed by atoms with E-state index in [0.717, 1.165) is 12.0 Å². The lowest BCUT2D eigenvalue weighted by molar-refractivity contribution is 0.0697. The third kappa shape index (κ3) is 3.57. The standard InChI is InChI=1S/C13H13BrN2O3/c1-16-8-9(7-15-16)4-5-19-12-3-2-10(13(17)18)6-11(12)14/h2-3,6-8H,4-5H2,1H3,(H,17,18). The first kappa shape index (κ1) is 13.6. The summed E-state index contributed by atoms with van der Waals surface area (Å²) in [6.07, 6.45) is 4.48. The molecule has 2 aromatic rings. The van der Waals surface area contributed by atoms with Crippen molar-refractivity contribution in [3.63, 3.8) is 0 Å². The maximum absolute atomic E-state index is 10.8. The molecule has 0 aliphatic heterocycles. The highest BCUT2D eigenvalue weighted by Crippen LogP contribution is 2.26. The number of rotatable bonds is 5. The number of aromatic carboxylic acids is 1. The number of hydrogen-bond acceptors (Lipinski definition) is 3. The van der Waals surface area contributed by atoms with Gasteiger partial charge in [-0.05, 0) is 39.7 Å². The molecule has 0 unspecified atom stereocenters. The second kappa shape index (κ2) is 5.88. The summed E-state index contributed by atoms with van der Waals surface area (Å²) >= 11 is 3.30. The van der Waals surface area contributed by atoms with Gasteiger partial charge in [0.25, 0.3) is 0 Å². The number of benzene rings is 1. The lowest BCUT2D eigenvalue weighted by Gasteiger charge is -2.08. The van der Waals surface area contributed by atoms with E-state index in [9.17, 15) is 4.79 Å². The topological polar surface area (TPSA) is 64.3 Å². The summed E-state index contributed by atoms with van der Waals surface area (Å²) in [5, 5.41) is 12.9. The van der Waals surface area contributed by atoms with Crippen LogP contribution in [-0.4, -0.2) is 27.5 Å². The van der Waals surface area contributed by atoms with Gasteiger partial charge in [-0.1, -0.05) is 0 Å². The predicted octanol–water partition coefficient (Wildman–Crippen LogP) is 2.50. The number of aryl methyl sites for hydroxylation is 1. The van der Waals surface area contributed by atoms with E-state index in [1.807, 2.05) is 13.2 Å². The molecule has 0 aliphatic rings. The number of carboxylic acids is 1. The zero-order chi connectivity index (χ0) is 13.8. The molecule has 0 aliphatic carbocycles. The Bertz CT molecular complexity index is 595. The van der Waals surface area contributed by atoms with Crippen LogP contribution in [0.1, 0.15) is 15.9 Å². The smallest absolute Gasteiger partial charge is 0.335 e. The van der Waals surface area contributed by atoms with Crippen molar-refractivity contribution in [2.45, 2.75) is 6.42 Å². The van der Waals surface area contributed by atoms with Gasteiger partial charge in [-0.3, -0.25) is 4.68 Å². The van der Waals surface area contributed by atoms with Gasteiger partial charge in [0.2, 0.25) is 0 Å². The molecule has 100 valence electrons. The number of nitrogens with zero attached hydrogens (tertiary/aromatic N) is 2. The average Bonchev–Trinajstić information content (AvgIpc) is 2.77. The maximum Gasteiger partial charge on any atom is 0.335 e. The fourth-order valence-electron chi connectivity index (χ4n) is 1.63. The molecule has 1 aromatic carbocycles. The molecule has 0 fully saturated rings. The van der Waals surface area contributed by atoms with Crippen LogP contribution in [0.5, 0.6) is 5.75 Å². The SMILES string of the molecule is Cn1cc(CCOc2ccc(C(=O)O)cc2Br)cn1. The van der Waals surface area contributed by atoms with Gasteiger partial charge in [-0.15, -0.1) is 0 Å². The van der Waals surface area contributed by atoms with Crippen LogP contribution < -0.4 is 4.74 Å². The first-order chi connectivity index (χ1) is 9.06. The van der Waals surface area contributed by atoms with Gasteiger partial charge in [0, 0.05) is 19.7 Å². The third-order valence-electron chi connectivity index (χ3n) is 2.59. The van der Waals surface area contributed by atoms with Gasteiger partial charge in [-0.2, -0.15) is 5.10 Å². The minimum absolute atomic E-state index is 0.228. The van der Waals surface area contributed by atoms with Gasteiger partial charge in [0.1, 0.15) is 5.75 Å². The molecule has 0 saturated heterocycles. The maximum atomic E-state index is 10.8. The number of carbonyl (C=O) groups is 1. The van der Waals surface area contributed by atoms with E-state index in [1.54, 1.807) is 16.9 Å². The molecule has 0 radical (unpaired) electrons. The van der Waals surface area contributed by atoms with Crippen LogP contribution in [0, 0.1) is 0 Å². The number of ether oxygens (including phenoxy) is 1. The number of hydrogen-bond donors (Lipinski definition) is 1. The van der Waals surface area contributed by atoms with Crippen molar-refractivity contribution in [1.82, 2.24) is 9.78 Å². The van der Waals surface area contributed by atoms with Crippen molar-refractivity contribution in [2.24, 2.45) is 7.05 Å². The van der Waals surface area contributed by atoms with Gasteiger partial charge < -0.3 is 9.84 Å². The Labute approximate surface area is 118 Å². The Kier molecular flexibility index (Phi) is 4.21. The van der Waals surface area contributed by atoms with E-state index in [4.69, 9.17) is 9.84 Å². The Morgan fingerprint density at radius 3 is 2.89 bits per heavy atom. The first-order valence-electron chi connectivity index (χ1n) is 5.69. The molecule has 0 spiro atoms. The van der Waals surface area contributed by atoms with Crippen LogP contribution in [0.15, 0.2) is 35.1 Å². The molecule has 6 heteroatoms. The zero-order valence-corrected chi connectivity index (χ0v) is 11.9. The van der Waals surface area contributed by atoms with Crippen LogP contribution in [0.3, 0.4) is 0 Å². The van der Waals surface area contributed by atoms with E-state index in [1.165, 1.54) is 12.1 Å². The molecule has 1 heterocycles. The summed E-state index contributed by atoms with van der Waals surface area (Å²) in [5.41, 5.74) is 1.33. The minimum atomic E-state index is -0.956. The highest BCUT2D eigenvalue weighted by molar-refractivity contribution is 9.10. The lowest BCUT2D eigenvalue weighted by Crippen LogP contribution is -2.02. The van der Waals surface area contributed by atoms with Crippen LogP contribution in [0.2, 0.25) is 0 Å². The van der Waals surface area contributed by atoms with Crippen molar-refractivity contribution >= 4 is 21.9 Å². The van der Waals surface area contributed by atoms with Gasteiger partial charge in [0.15, 0.2) is 0 Å². The van der Waals surface area contributed by atoms with Crippen molar-refractivity contribution < 1.29 is 14.6 Å². The van der Waals surface area contributed by atoms with E-state index < -0.39 is 5.97 Å². The fourth-order valence-corrected chi connectivity index (χ4v) is 2.12. The van der Waals surface area contributed by atoms with E-state index in [2.05, 4.69) is 21.0 Å². The second-order valence-electron chi connectivity index (χ2n) is 4.07. The van der Waals surface area contributed by atoms with Gasteiger partial charge in [0.05, 0.1) is 22.8 Å². The van der Waals surface area contributed by atoms with Crippen molar-refractivity contribution in [3.8, 4) is 5.75 Å². The zero-order valence-electron chi connectivity index (χ0n) is 10.3. The van der Waals surface area contributed by atoms with Crippen LogP contribution in [0.25, 0.3) is 0 Å². The second-order valence-corrected chi connectivity index (χ2v) is 4.93. The largest absolute Gasteiger partial charge is 0.492 e. The first-order valence-corrected chi connectivity index (χ1v) is 6.49. The van der Waals surface area contributed by atoms with Crippen molar-refractivity contribution in [2.75, 3.05) is 6.61 Å². The van der Waals surface area contributed by atoms with E-state index in [-0.39, 0.29) is 5.56 Å². The number of halogens is 1. The summed E-state index contributed by atoms with van der Waals surface area (Å²) in [4.78, 5) is 10.8. The Balaban J connectivity index is 1.94. The summed E-state index contributed by atoms with van der Waals surface area (Å²) in [7, 11) is 1.87. The predicted molar refractivity (Wildman–Crippen MR) is 73.5 cm³/mol. The van der Waals surface area contributed by atoms with E-state index in [0.29, 0.717) is 16.8 Å². The van der Waals surface area contributed by atoms with Crippen molar-refractivity contribution in [3.05, 3.63) is 46.2 Å². The van der Waals surface area contributed by atoms with Gasteiger partial charge in [-0.25, -0.2) is 4.79 Å².